The van der Waals surface area contributed by atoms with Gasteiger partial charge in [-0.15, -0.1) is 0 Å². The lowest BCUT2D eigenvalue weighted by molar-refractivity contribution is 0.203. The summed E-state index contributed by atoms with van der Waals surface area (Å²) in [6, 6.07) is 6.22. The van der Waals surface area contributed by atoms with Gasteiger partial charge < -0.3 is 15.7 Å². The van der Waals surface area contributed by atoms with Crippen molar-refractivity contribution in [3.05, 3.63) is 28.2 Å². The van der Waals surface area contributed by atoms with Gasteiger partial charge in [0.1, 0.15) is 0 Å². The highest BCUT2D eigenvalue weighted by atomic mass is 79.9. The zero-order chi connectivity index (χ0) is 12.3. The van der Waals surface area contributed by atoms with Crippen LogP contribution in [0.25, 0.3) is 0 Å². The lowest BCUT2D eigenvalue weighted by Gasteiger charge is -2.34. The summed E-state index contributed by atoms with van der Waals surface area (Å²) in [6.07, 6.45) is 2.13. The third-order valence-electron chi connectivity index (χ3n) is 3.51. The second-order valence-corrected chi connectivity index (χ2v) is 5.41. The Hall–Kier alpha value is -0.580. The molecule has 0 radical (unpaired) electrons. The number of hydrogen-bond acceptors (Lipinski definition) is 3. The third kappa shape index (κ3) is 2.81. The molecule has 1 fully saturated rings. The number of rotatable bonds is 3. The van der Waals surface area contributed by atoms with Crippen LogP contribution in [0, 0.1) is 5.92 Å². The first-order valence-corrected chi connectivity index (χ1v) is 6.88. The predicted octanol–water partition coefficient (Wildman–Crippen LogP) is 2.12. The minimum atomic E-state index is 0.316. The van der Waals surface area contributed by atoms with Crippen LogP contribution in [-0.2, 0) is 6.54 Å². The number of nitrogens with zero attached hydrogens (tertiary/aromatic N) is 1. The van der Waals surface area contributed by atoms with E-state index in [0.717, 1.165) is 30.4 Å². The lowest BCUT2D eigenvalue weighted by atomic mass is 9.97. The van der Waals surface area contributed by atoms with Gasteiger partial charge in [0.15, 0.2) is 0 Å². The number of aliphatic hydroxyl groups is 1. The summed E-state index contributed by atoms with van der Waals surface area (Å²) in [7, 11) is 0. The van der Waals surface area contributed by atoms with E-state index in [2.05, 4.69) is 33.0 Å². The summed E-state index contributed by atoms with van der Waals surface area (Å²) in [5.41, 5.74) is 8.23. The molecule has 3 N–H and O–H groups in total. The third-order valence-corrected chi connectivity index (χ3v) is 4.25. The quantitative estimate of drug-likeness (QED) is 0.899. The van der Waals surface area contributed by atoms with Crippen molar-refractivity contribution < 1.29 is 5.11 Å². The van der Waals surface area contributed by atoms with Gasteiger partial charge in [-0.2, -0.15) is 0 Å². The highest BCUT2D eigenvalue weighted by Gasteiger charge is 2.20. The lowest BCUT2D eigenvalue weighted by Crippen LogP contribution is -2.35. The molecule has 0 aromatic heterocycles. The van der Waals surface area contributed by atoms with Gasteiger partial charge in [-0.05, 0) is 30.9 Å². The molecule has 0 saturated carbocycles. The fourth-order valence-electron chi connectivity index (χ4n) is 2.40. The van der Waals surface area contributed by atoms with E-state index >= 15 is 0 Å². The maximum absolute atomic E-state index is 9.15. The Kier molecular flexibility index (Phi) is 4.42. The molecular formula is C13H19BrN2O. The highest BCUT2D eigenvalue weighted by Crippen LogP contribution is 2.30. The van der Waals surface area contributed by atoms with Gasteiger partial charge >= 0.3 is 0 Å². The second-order valence-electron chi connectivity index (χ2n) is 4.55. The smallest absolute Gasteiger partial charge is 0.0460 e. The molecule has 1 heterocycles. The Balaban J connectivity index is 2.15. The number of aliphatic hydroxyl groups excluding tert-OH is 1. The zero-order valence-corrected chi connectivity index (χ0v) is 11.5. The summed E-state index contributed by atoms with van der Waals surface area (Å²) >= 11 is 3.55. The average Bonchev–Trinajstić information content (AvgIpc) is 2.38. The first-order valence-electron chi connectivity index (χ1n) is 6.09. The Morgan fingerprint density at radius 1 is 1.35 bits per heavy atom. The summed E-state index contributed by atoms with van der Waals surface area (Å²) in [4.78, 5) is 2.37. The van der Waals surface area contributed by atoms with Crippen LogP contribution in [0.15, 0.2) is 22.7 Å². The van der Waals surface area contributed by atoms with Crippen LogP contribution in [-0.4, -0.2) is 24.8 Å². The van der Waals surface area contributed by atoms with Gasteiger partial charge in [0.05, 0.1) is 0 Å². The summed E-state index contributed by atoms with van der Waals surface area (Å²) < 4.78 is 1.08. The maximum atomic E-state index is 9.15. The van der Waals surface area contributed by atoms with Gasteiger partial charge in [0, 0.05) is 42.0 Å². The maximum Gasteiger partial charge on any atom is 0.0460 e. The van der Waals surface area contributed by atoms with Crippen LogP contribution >= 0.6 is 15.9 Å². The molecule has 1 aromatic rings. The van der Waals surface area contributed by atoms with Crippen LogP contribution in [0.5, 0.6) is 0 Å². The van der Waals surface area contributed by atoms with E-state index < -0.39 is 0 Å². The van der Waals surface area contributed by atoms with E-state index in [1.807, 2.05) is 6.07 Å². The van der Waals surface area contributed by atoms with Crippen molar-refractivity contribution >= 4 is 21.6 Å². The van der Waals surface area contributed by atoms with Crippen molar-refractivity contribution in [2.24, 2.45) is 11.7 Å². The number of anilines is 1. The van der Waals surface area contributed by atoms with Crippen LogP contribution in [0.2, 0.25) is 0 Å². The molecule has 1 aliphatic heterocycles. The molecule has 1 aromatic carbocycles. The van der Waals surface area contributed by atoms with E-state index in [1.54, 1.807) is 0 Å². The molecule has 0 spiro atoms. The standard InChI is InChI=1S/C13H19BrN2O/c14-12-2-1-3-13(11(12)8-15)16-6-4-10(9-17)5-7-16/h1-3,10,17H,4-9,15H2. The SMILES string of the molecule is NCc1c(Br)cccc1N1CCC(CO)CC1. The monoisotopic (exact) mass is 298 g/mol. The summed E-state index contributed by atoms with van der Waals surface area (Å²) in [6.45, 7) is 2.89. The van der Waals surface area contributed by atoms with Crippen molar-refractivity contribution in [1.82, 2.24) is 0 Å². The first kappa shape index (κ1) is 12.9. The highest BCUT2D eigenvalue weighted by molar-refractivity contribution is 9.10. The number of nitrogens with two attached hydrogens (primary N) is 1. The van der Waals surface area contributed by atoms with Gasteiger partial charge in [-0.3, -0.25) is 0 Å². The molecule has 3 nitrogen and oxygen atoms in total. The van der Waals surface area contributed by atoms with Gasteiger partial charge in [0.25, 0.3) is 0 Å². The minimum Gasteiger partial charge on any atom is -0.396 e. The fraction of sp³-hybridized carbons (Fsp3) is 0.538. The summed E-state index contributed by atoms with van der Waals surface area (Å²) in [5.74, 6) is 0.472. The van der Waals surface area contributed by atoms with Crippen LogP contribution in [0.1, 0.15) is 18.4 Å². The second kappa shape index (κ2) is 5.85. The molecule has 1 saturated heterocycles. The van der Waals surface area contributed by atoms with Crippen molar-refractivity contribution in [3.63, 3.8) is 0 Å². The topological polar surface area (TPSA) is 49.5 Å². The molecule has 0 unspecified atom stereocenters. The van der Waals surface area contributed by atoms with E-state index in [-0.39, 0.29) is 0 Å². The molecule has 0 atom stereocenters. The van der Waals surface area contributed by atoms with E-state index in [4.69, 9.17) is 10.8 Å². The predicted molar refractivity (Wildman–Crippen MR) is 74.1 cm³/mol. The number of hydrogen-bond donors (Lipinski definition) is 2. The Bertz CT molecular complexity index is 376. The van der Waals surface area contributed by atoms with Gasteiger partial charge in [-0.25, -0.2) is 0 Å². The zero-order valence-electron chi connectivity index (χ0n) is 9.90. The number of benzene rings is 1. The normalized spacial score (nSPS) is 17.5. The molecule has 94 valence electrons. The molecule has 17 heavy (non-hydrogen) atoms. The molecule has 2 rings (SSSR count). The number of halogens is 1. The average molecular weight is 299 g/mol. The summed E-state index contributed by atoms with van der Waals surface area (Å²) in [5, 5.41) is 9.15. The van der Waals surface area contributed by atoms with Crippen molar-refractivity contribution in [2.75, 3.05) is 24.6 Å². The van der Waals surface area contributed by atoms with Crippen molar-refractivity contribution in [3.8, 4) is 0 Å². The Morgan fingerprint density at radius 2 is 2.06 bits per heavy atom. The molecule has 0 amide bonds. The van der Waals surface area contributed by atoms with Gasteiger partial charge in [-0.1, -0.05) is 22.0 Å². The van der Waals surface area contributed by atoms with E-state index in [0.29, 0.717) is 19.1 Å². The van der Waals surface area contributed by atoms with Crippen molar-refractivity contribution in [2.45, 2.75) is 19.4 Å². The van der Waals surface area contributed by atoms with Crippen LogP contribution in [0.3, 0.4) is 0 Å². The Labute approximate surface area is 111 Å². The van der Waals surface area contributed by atoms with Crippen LogP contribution < -0.4 is 10.6 Å². The van der Waals surface area contributed by atoms with Crippen LogP contribution in [0.4, 0.5) is 5.69 Å². The molecular weight excluding hydrogens is 280 g/mol. The molecule has 4 heteroatoms. The fourth-order valence-corrected chi connectivity index (χ4v) is 2.92. The minimum absolute atomic E-state index is 0.316. The largest absolute Gasteiger partial charge is 0.396 e. The van der Waals surface area contributed by atoms with E-state index in [1.165, 1.54) is 11.3 Å². The number of piperidine rings is 1. The van der Waals surface area contributed by atoms with E-state index in [9.17, 15) is 0 Å². The first-order chi connectivity index (χ1) is 8.26. The molecule has 1 aliphatic rings. The molecule has 0 aliphatic carbocycles. The van der Waals surface area contributed by atoms with Crippen molar-refractivity contribution in [1.29, 1.82) is 0 Å². The van der Waals surface area contributed by atoms with Gasteiger partial charge in [0.2, 0.25) is 0 Å². The molecule has 0 bridgehead atoms. The Morgan fingerprint density at radius 3 is 2.65 bits per heavy atom.